The van der Waals surface area contributed by atoms with Crippen LogP contribution in [0.1, 0.15) is 34.8 Å². The molecule has 3 rings (SSSR count). The fraction of sp³-hybridized carbons (Fsp3) is 0.353. The molecule has 1 aromatic carbocycles. The first-order valence-electron chi connectivity index (χ1n) is 7.65. The van der Waals surface area contributed by atoms with Gasteiger partial charge in [-0.3, -0.25) is 9.69 Å². The van der Waals surface area contributed by atoms with Crippen LogP contribution in [-0.4, -0.2) is 21.6 Å². The van der Waals surface area contributed by atoms with Gasteiger partial charge in [0, 0.05) is 22.0 Å². The van der Waals surface area contributed by atoms with Crippen molar-refractivity contribution < 1.29 is 9.18 Å². The summed E-state index contributed by atoms with van der Waals surface area (Å²) in [6.07, 6.45) is 0.823. The minimum atomic E-state index is -0.558. The first-order valence-corrected chi connectivity index (χ1v) is 9.08. The molecule has 7 heteroatoms. The Bertz CT molecular complexity index is 771. The van der Waals surface area contributed by atoms with Crippen molar-refractivity contribution in [1.29, 1.82) is 0 Å². The Kier molecular flexibility index (Phi) is 4.78. The third-order valence-corrected chi connectivity index (χ3v) is 5.60. The number of anilines is 1. The second-order valence-electron chi connectivity index (χ2n) is 5.59. The minimum Gasteiger partial charge on any atom is -0.273 e. The molecule has 1 amide bonds. The Morgan fingerprint density at radius 1 is 1.33 bits per heavy atom. The Morgan fingerprint density at radius 2 is 2.00 bits per heavy atom. The van der Waals surface area contributed by atoms with E-state index in [1.807, 2.05) is 20.8 Å². The van der Waals surface area contributed by atoms with Gasteiger partial charge in [-0.2, -0.15) is 0 Å². The highest BCUT2D eigenvalue weighted by Crippen LogP contribution is 2.44. The standard InChI is InChI=1S/C17H17ClFN3OS/c1-4-11-9(2)20-17(21-10(11)3)22-14(23)8-24-16(22)15-12(18)6-5-7-13(15)19/h5-7,16H,4,8H2,1-3H3. The lowest BCUT2D eigenvalue weighted by Gasteiger charge is -2.24. The first kappa shape index (κ1) is 17.2. The van der Waals surface area contributed by atoms with Crippen LogP contribution in [-0.2, 0) is 11.2 Å². The van der Waals surface area contributed by atoms with Crippen LogP contribution in [0.5, 0.6) is 0 Å². The molecule has 24 heavy (non-hydrogen) atoms. The van der Waals surface area contributed by atoms with Gasteiger partial charge in [-0.25, -0.2) is 14.4 Å². The summed E-state index contributed by atoms with van der Waals surface area (Å²) in [4.78, 5) is 22.8. The number of hydrogen-bond donors (Lipinski definition) is 0. The summed E-state index contributed by atoms with van der Waals surface area (Å²) < 4.78 is 14.3. The van der Waals surface area contributed by atoms with Gasteiger partial charge >= 0.3 is 0 Å². The molecule has 1 fully saturated rings. The Labute approximate surface area is 149 Å². The first-order chi connectivity index (χ1) is 11.4. The van der Waals surface area contributed by atoms with Gasteiger partial charge in [0.25, 0.3) is 0 Å². The largest absolute Gasteiger partial charge is 0.273 e. The van der Waals surface area contributed by atoms with E-state index in [4.69, 9.17) is 11.6 Å². The Morgan fingerprint density at radius 3 is 2.58 bits per heavy atom. The quantitative estimate of drug-likeness (QED) is 0.816. The van der Waals surface area contributed by atoms with E-state index in [0.717, 1.165) is 23.4 Å². The van der Waals surface area contributed by atoms with Crippen molar-refractivity contribution in [3.8, 4) is 0 Å². The Balaban J connectivity index is 2.10. The third-order valence-electron chi connectivity index (χ3n) is 4.09. The summed E-state index contributed by atoms with van der Waals surface area (Å²) in [6, 6.07) is 4.52. The third kappa shape index (κ3) is 2.89. The molecular formula is C17H17ClFN3OS. The van der Waals surface area contributed by atoms with Crippen LogP contribution in [0.25, 0.3) is 0 Å². The van der Waals surface area contributed by atoms with Crippen molar-refractivity contribution in [1.82, 2.24) is 9.97 Å². The van der Waals surface area contributed by atoms with Gasteiger partial charge < -0.3 is 0 Å². The highest BCUT2D eigenvalue weighted by atomic mass is 35.5. The van der Waals surface area contributed by atoms with Crippen molar-refractivity contribution in [2.75, 3.05) is 10.7 Å². The van der Waals surface area contributed by atoms with Crippen LogP contribution in [0.3, 0.4) is 0 Å². The van der Waals surface area contributed by atoms with E-state index in [9.17, 15) is 9.18 Å². The summed E-state index contributed by atoms with van der Waals surface area (Å²) in [5.74, 6) is -0.0287. The summed E-state index contributed by atoms with van der Waals surface area (Å²) in [7, 11) is 0. The average molecular weight is 366 g/mol. The number of aromatic nitrogens is 2. The number of nitrogens with zero attached hydrogens (tertiary/aromatic N) is 3. The monoisotopic (exact) mass is 365 g/mol. The summed E-state index contributed by atoms with van der Waals surface area (Å²) >= 11 is 7.52. The van der Waals surface area contributed by atoms with E-state index in [1.54, 1.807) is 12.1 Å². The molecule has 4 nitrogen and oxygen atoms in total. The number of amides is 1. The van der Waals surface area contributed by atoms with E-state index >= 15 is 0 Å². The zero-order chi connectivity index (χ0) is 17.4. The molecule has 1 unspecified atom stereocenters. The highest BCUT2D eigenvalue weighted by Gasteiger charge is 2.38. The van der Waals surface area contributed by atoms with Crippen molar-refractivity contribution in [3.05, 3.63) is 51.6 Å². The van der Waals surface area contributed by atoms with E-state index in [-0.39, 0.29) is 11.7 Å². The molecule has 0 saturated carbocycles. The van der Waals surface area contributed by atoms with E-state index < -0.39 is 11.2 Å². The number of thioether (sulfide) groups is 1. The van der Waals surface area contributed by atoms with Crippen LogP contribution in [0.4, 0.5) is 10.3 Å². The van der Waals surface area contributed by atoms with Gasteiger partial charge in [-0.1, -0.05) is 24.6 Å². The number of benzene rings is 1. The number of hydrogen-bond acceptors (Lipinski definition) is 4. The van der Waals surface area contributed by atoms with Gasteiger partial charge in [-0.15, -0.1) is 11.8 Å². The topological polar surface area (TPSA) is 46.1 Å². The zero-order valence-corrected chi connectivity index (χ0v) is 15.2. The van der Waals surface area contributed by atoms with Gasteiger partial charge in [0.15, 0.2) is 0 Å². The number of halogens is 2. The smallest absolute Gasteiger partial charge is 0.240 e. The zero-order valence-electron chi connectivity index (χ0n) is 13.6. The molecule has 2 aromatic rings. The second-order valence-corrected chi connectivity index (χ2v) is 7.06. The number of carbonyl (C=O) groups is 1. The molecule has 2 heterocycles. The fourth-order valence-electron chi connectivity index (χ4n) is 2.94. The average Bonchev–Trinajstić information content (AvgIpc) is 2.88. The lowest BCUT2D eigenvalue weighted by Crippen LogP contribution is -2.31. The van der Waals surface area contributed by atoms with Crippen molar-refractivity contribution in [2.24, 2.45) is 0 Å². The predicted molar refractivity (Wildman–Crippen MR) is 95.0 cm³/mol. The van der Waals surface area contributed by atoms with Crippen LogP contribution in [0.15, 0.2) is 18.2 Å². The van der Waals surface area contributed by atoms with Crippen LogP contribution in [0, 0.1) is 19.7 Å². The molecular weight excluding hydrogens is 349 g/mol. The molecule has 0 spiro atoms. The maximum Gasteiger partial charge on any atom is 0.240 e. The van der Waals surface area contributed by atoms with E-state index in [0.29, 0.717) is 16.5 Å². The van der Waals surface area contributed by atoms with Crippen LogP contribution in [0.2, 0.25) is 5.02 Å². The number of rotatable bonds is 3. The summed E-state index contributed by atoms with van der Waals surface area (Å²) in [6.45, 7) is 5.84. The maximum atomic E-state index is 14.3. The van der Waals surface area contributed by atoms with Gasteiger partial charge in [0.05, 0.1) is 5.75 Å². The SMILES string of the molecule is CCc1c(C)nc(N2C(=O)CSC2c2c(F)cccc2Cl)nc1C. The molecule has 1 aliphatic rings. The van der Waals surface area contributed by atoms with Crippen molar-refractivity contribution in [3.63, 3.8) is 0 Å². The van der Waals surface area contributed by atoms with Crippen LogP contribution >= 0.6 is 23.4 Å². The van der Waals surface area contributed by atoms with Crippen LogP contribution < -0.4 is 4.90 Å². The molecule has 0 N–H and O–H groups in total. The van der Waals surface area contributed by atoms with Crippen molar-refractivity contribution >= 4 is 35.2 Å². The second kappa shape index (κ2) is 6.69. The van der Waals surface area contributed by atoms with Gasteiger partial charge in [0.1, 0.15) is 11.2 Å². The number of carbonyl (C=O) groups excluding carboxylic acids is 1. The predicted octanol–water partition coefficient (Wildman–Crippen LogP) is 4.23. The summed E-state index contributed by atoms with van der Waals surface area (Å²) in [5, 5.41) is -0.261. The van der Waals surface area contributed by atoms with E-state index in [2.05, 4.69) is 9.97 Å². The minimum absolute atomic E-state index is 0.146. The molecule has 1 aromatic heterocycles. The molecule has 0 bridgehead atoms. The fourth-order valence-corrected chi connectivity index (χ4v) is 4.48. The normalized spacial score (nSPS) is 17.6. The maximum absolute atomic E-state index is 14.3. The van der Waals surface area contributed by atoms with E-state index in [1.165, 1.54) is 22.7 Å². The molecule has 1 atom stereocenters. The molecule has 0 aliphatic carbocycles. The van der Waals surface area contributed by atoms with Gasteiger partial charge in [0.2, 0.25) is 11.9 Å². The number of aryl methyl sites for hydroxylation is 2. The molecule has 0 radical (unpaired) electrons. The Hall–Kier alpha value is -1.66. The lowest BCUT2D eigenvalue weighted by atomic mass is 10.1. The lowest BCUT2D eigenvalue weighted by molar-refractivity contribution is -0.115. The van der Waals surface area contributed by atoms with Crippen molar-refractivity contribution in [2.45, 2.75) is 32.6 Å². The summed E-state index contributed by atoms with van der Waals surface area (Å²) in [5.41, 5.74) is 3.04. The highest BCUT2D eigenvalue weighted by molar-refractivity contribution is 8.00. The molecule has 126 valence electrons. The van der Waals surface area contributed by atoms with Gasteiger partial charge in [-0.05, 0) is 38.0 Å². The molecule has 1 aliphatic heterocycles. The molecule has 1 saturated heterocycles.